The van der Waals surface area contributed by atoms with E-state index >= 15 is 0 Å². The first-order valence-electron chi connectivity index (χ1n) is 14.9. The third-order valence-electron chi connectivity index (χ3n) is 7.65. The fourth-order valence-electron chi connectivity index (χ4n) is 5.42. The van der Waals surface area contributed by atoms with Gasteiger partial charge in [0.15, 0.2) is 0 Å². The van der Waals surface area contributed by atoms with Crippen LogP contribution in [0.15, 0.2) is 83.8 Å². The van der Waals surface area contributed by atoms with Gasteiger partial charge in [-0.25, -0.2) is 8.42 Å². The van der Waals surface area contributed by atoms with Crippen molar-refractivity contribution >= 4 is 39.1 Å². The van der Waals surface area contributed by atoms with Gasteiger partial charge in [0.1, 0.15) is 18.3 Å². The van der Waals surface area contributed by atoms with Crippen molar-refractivity contribution in [2.75, 3.05) is 17.5 Å². The molecule has 10 heteroatoms. The summed E-state index contributed by atoms with van der Waals surface area (Å²) in [7, 11) is -4.19. The number of halogens is 1. The van der Waals surface area contributed by atoms with Crippen LogP contribution >= 0.6 is 11.6 Å². The average Bonchev–Trinajstić information content (AvgIpc) is 3.02. The van der Waals surface area contributed by atoms with Crippen LogP contribution in [0.1, 0.15) is 57.9 Å². The van der Waals surface area contributed by atoms with Gasteiger partial charge in [-0.2, -0.15) is 0 Å². The number of carbonyl (C=O) groups is 2. The van der Waals surface area contributed by atoms with Gasteiger partial charge in [0.05, 0.1) is 17.2 Å². The van der Waals surface area contributed by atoms with E-state index in [1.807, 2.05) is 13.8 Å². The molecule has 0 saturated heterocycles. The first-order valence-corrected chi connectivity index (χ1v) is 16.7. The topological polar surface area (TPSA) is 96.0 Å². The Kier molecular flexibility index (Phi) is 11.5. The monoisotopic (exact) mass is 625 g/mol. The SMILES string of the molecule is CCOc1ccccc1N(CC(=O)N(Cc1ccc(Cl)cc1)[C@@H](CC)C(=O)NC1CCCCC1)S(=O)(=O)c1ccccc1. The number of nitrogens with zero attached hydrogens (tertiary/aromatic N) is 2. The lowest BCUT2D eigenvalue weighted by Crippen LogP contribution is -2.54. The predicted octanol–water partition coefficient (Wildman–Crippen LogP) is 6.19. The van der Waals surface area contributed by atoms with Crippen molar-refractivity contribution in [3.8, 4) is 5.75 Å². The molecule has 3 aromatic carbocycles. The van der Waals surface area contributed by atoms with E-state index in [1.165, 1.54) is 17.0 Å². The second-order valence-corrected chi connectivity index (χ2v) is 12.9. The summed E-state index contributed by atoms with van der Waals surface area (Å²) in [5.74, 6) is -0.404. The Morgan fingerprint density at radius 2 is 1.58 bits per heavy atom. The van der Waals surface area contributed by atoms with Crippen LogP contribution in [0, 0.1) is 0 Å². The number of para-hydroxylation sites is 2. The molecule has 1 saturated carbocycles. The number of hydrogen-bond acceptors (Lipinski definition) is 5. The Morgan fingerprint density at radius 3 is 2.23 bits per heavy atom. The van der Waals surface area contributed by atoms with Crippen LogP contribution in [0.3, 0.4) is 0 Å². The third kappa shape index (κ3) is 8.30. The summed E-state index contributed by atoms with van der Waals surface area (Å²) in [4.78, 5) is 29.5. The molecule has 230 valence electrons. The molecule has 1 aliphatic carbocycles. The predicted molar refractivity (Wildman–Crippen MR) is 170 cm³/mol. The number of nitrogens with one attached hydrogen (secondary N) is 1. The van der Waals surface area contributed by atoms with Crippen molar-refractivity contribution in [2.24, 2.45) is 0 Å². The summed E-state index contributed by atoms with van der Waals surface area (Å²) < 4.78 is 35.0. The minimum atomic E-state index is -4.19. The Balaban J connectivity index is 1.73. The number of benzene rings is 3. The molecule has 0 aromatic heterocycles. The molecule has 0 heterocycles. The summed E-state index contributed by atoms with van der Waals surface area (Å²) in [5, 5.41) is 3.71. The lowest BCUT2D eigenvalue weighted by molar-refractivity contribution is -0.140. The van der Waals surface area contributed by atoms with Crippen molar-refractivity contribution in [2.45, 2.75) is 75.9 Å². The number of amides is 2. The summed E-state index contributed by atoms with van der Waals surface area (Å²) in [6.45, 7) is 3.56. The van der Waals surface area contributed by atoms with Crippen LogP contribution in [0.4, 0.5) is 5.69 Å². The molecule has 2 amide bonds. The largest absolute Gasteiger partial charge is 0.492 e. The molecule has 8 nitrogen and oxygen atoms in total. The van der Waals surface area contributed by atoms with E-state index in [2.05, 4.69) is 5.32 Å². The summed E-state index contributed by atoms with van der Waals surface area (Å²) in [6.07, 6.45) is 5.44. The van der Waals surface area contributed by atoms with Crippen molar-refractivity contribution in [3.05, 3.63) is 89.4 Å². The fraction of sp³-hybridized carbons (Fsp3) is 0.394. The van der Waals surface area contributed by atoms with Gasteiger partial charge in [-0.15, -0.1) is 0 Å². The van der Waals surface area contributed by atoms with Gasteiger partial charge >= 0.3 is 0 Å². The lowest BCUT2D eigenvalue weighted by Gasteiger charge is -2.34. The molecular formula is C33H40ClN3O5S. The zero-order valence-electron chi connectivity index (χ0n) is 24.7. The van der Waals surface area contributed by atoms with Crippen molar-refractivity contribution < 1.29 is 22.7 Å². The molecule has 1 atom stereocenters. The molecule has 43 heavy (non-hydrogen) atoms. The Labute approximate surface area is 260 Å². The van der Waals surface area contributed by atoms with Crippen LogP contribution < -0.4 is 14.4 Å². The van der Waals surface area contributed by atoms with Gasteiger partial charge in [-0.3, -0.25) is 13.9 Å². The molecule has 1 fully saturated rings. The Morgan fingerprint density at radius 1 is 0.930 bits per heavy atom. The first-order chi connectivity index (χ1) is 20.7. The maximum Gasteiger partial charge on any atom is 0.264 e. The van der Waals surface area contributed by atoms with Crippen LogP contribution in [-0.4, -0.2) is 50.4 Å². The molecule has 0 aliphatic heterocycles. The van der Waals surface area contributed by atoms with E-state index in [0.29, 0.717) is 23.8 Å². The average molecular weight is 626 g/mol. The van der Waals surface area contributed by atoms with Gasteiger partial charge in [0.25, 0.3) is 10.0 Å². The molecule has 4 rings (SSSR count). The number of rotatable bonds is 13. The van der Waals surface area contributed by atoms with Crippen LogP contribution in [-0.2, 0) is 26.2 Å². The standard InChI is InChI=1S/C33H40ClN3O5S/c1-3-29(33(39)35-27-13-7-5-8-14-27)36(23-25-19-21-26(34)22-20-25)32(38)24-37(30-17-11-12-18-31(30)42-4-2)43(40,41)28-15-9-6-10-16-28/h6,9-12,15-22,27,29H,3-5,7-8,13-14,23-24H2,1-2H3,(H,35,39)/t29-/m0/s1. The van der Waals surface area contributed by atoms with E-state index < -0.39 is 28.5 Å². The summed E-state index contributed by atoms with van der Waals surface area (Å²) in [6, 6.07) is 21.1. The zero-order valence-corrected chi connectivity index (χ0v) is 26.3. The third-order valence-corrected chi connectivity index (χ3v) is 9.67. The summed E-state index contributed by atoms with van der Waals surface area (Å²) in [5.41, 5.74) is 1.02. The van der Waals surface area contributed by atoms with Crippen molar-refractivity contribution in [3.63, 3.8) is 0 Å². The molecule has 0 spiro atoms. The van der Waals surface area contributed by atoms with Crippen LogP contribution in [0.2, 0.25) is 5.02 Å². The highest BCUT2D eigenvalue weighted by Gasteiger charge is 2.35. The number of anilines is 1. The Hall–Kier alpha value is -3.56. The smallest absolute Gasteiger partial charge is 0.264 e. The van der Waals surface area contributed by atoms with E-state index in [9.17, 15) is 18.0 Å². The maximum absolute atomic E-state index is 14.3. The van der Waals surface area contributed by atoms with Gasteiger partial charge in [-0.1, -0.05) is 80.3 Å². The maximum atomic E-state index is 14.3. The van der Waals surface area contributed by atoms with E-state index in [0.717, 1.165) is 42.0 Å². The fourth-order valence-corrected chi connectivity index (χ4v) is 7.00. The Bertz CT molecular complexity index is 1460. The van der Waals surface area contributed by atoms with E-state index in [4.69, 9.17) is 16.3 Å². The van der Waals surface area contributed by atoms with Crippen LogP contribution in [0.5, 0.6) is 5.75 Å². The van der Waals surface area contributed by atoms with Gasteiger partial charge in [0, 0.05) is 17.6 Å². The van der Waals surface area contributed by atoms with Crippen molar-refractivity contribution in [1.82, 2.24) is 10.2 Å². The minimum Gasteiger partial charge on any atom is -0.492 e. The highest BCUT2D eigenvalue weighted by Crippen LogP contribution is 2.33. The second kappa shape index (κ2) is 15.3. The van der Waals surface area contributed by atoms with Gasteiger partial charge in [-0.05, 0) is 68.1 Å². The molecule has 1 aliphatic rings. The normalized spacial score (nSPS) is 14.5. The number of carbonyl (C=O) groups excluding carboxylic acids is 2. The molecule has 0 bridgehead atoms. The summed E-state index contributed by atoms with van der Waals surface area (Å²) >= 11 is 6.12. The quantitative estimate of drug-likeness (QED) is 0.244. The molecule has 1 N–H and O–H groups in total. The first kappa shape index (κ1) is 32.4. The highest BCUT2D eigenvalue weighted by atomic mass is 35.5. The van der Waals surface area contributed by atoms with E-state index in [1.54, 1.807) is 66.7 Å². The minimum absolute atomic E-state index is 0.0421. The highest BCUT2D eigenvalue weighted by molar-refractivity contribution is 7.92. The lowest BCUT2D eigenvalue weighted by atomic mass is 9.95. The van der Waals surface area contributed by atoms with Gasteiger partial charge in [0.2, 0.25) is 11.8 Å². The molecule has 0 radical (unpaired) electrons. The van der Waals surface area contributed by atoms with Crippen LogP contribution in [0.25, 0.3) is 0 Å². The second-order valence-electron chi connectivity index (χ2n) is 10.6. The van der Waals surface area contributed by atoms with Gasteiger partial charge < -0.3 is 15.0 Å². The molecular weight excluding hydrogens is 586 g/mol. The number of ether oxygens (including phenoxy) is 1. The van der Waals surface area contributed by atoms with Crippen molar-refractivity contribution in [1.29, 1.82) is 0 Å². The molecule has 3 aromatic rings. The zero-order chi connectivity index (χ0) is 30.8. The van der Waals surface area contributed by atoms with E-state index in [-0.39, 0.29) is 29.1 Å². The number of sulfonamides is 1. The number of hydrogen-bond donors (Lipinski definition) is 1. The molecule has 0 unspecified atom stereocenters.